The molecule has 2 saturated heterocycles. The number of benzene rings is 1. The summed E-state index contributed by atoms with van der Waals surface area (Å²) in [5, 5.41) is 12.9. The predicted octanol–water partition coefficient (Wildman–Crippen LogP) is 2.41. The SMILES string of the molecule is O[C@@H]1CO[C@H]2[C@@H]1OC[C@@H]2Oc1nc2nc(NCc3c(F)cccc3F)c(Cl)cc2[nH]1. The molecule has 158 valence electrons. The minimum Gasteiger partial charge on any atom is -0.456 e. The molecule has 1 aromatic carbocycles. The Labute approximate surface area is 174 Å². The van der Waals surface area contributed by atoms with Gasteiger partial charge in [-0.2, -0.15) is 4.98 Å². The van der Waals surface area contributed by atoms with Gasteiger partial charge in [-0.15, -0.1) is 0 Å². The van der Waals surface area contributed by atoms with Gasteiger partial charge >= 0.3 is 0 Å². The third-order valence-corrected chi connectivity index (χ3v) is 5.43. The van der Waals surface area contributed by atoms with Gasteiger partial charge in [-0.3, -0.25) is 0 Å². The molecule has 3 N–H and O–H groups in total. The van der Waals surface area contributed by atoms with Crippen LogP contribution in [0.3, 0.4) is 0 Å². The van der Waals surface area contributed by atoms with Crippen LogP contribution in [-0.4, -0.2) is 57.7 Å². The average molecular weight is 439 g/mol. The van der Waals surface area contributed by atoms with Crippen molar-refractivity contribution >= 4 is 28.6 Å². The van der Waals surface area contributed by atoms with Crippen molar-refractivity contribution in [3.63, 3.8) is 0 Å². The van der Waals surface area contributed by atoms with Gasteiger partial charge in [0.05, 0.1) is 23.8 Å². The van der Waals surface area contributed by atoms with Crippen molar-refractivity contribution in [2.75, 3.05) is 18.5 Å². The van der Waals surface area contributed by atoms with Gasteiger partial charge in [-0.25, -0.2) is 13.8 Å². The number of nitrogens with zero attached hydrogens (tertiary/aromatic N) is 2. The van der Waals surface area contributed by atoms with E-state index < -0.39 is 29.9 Å². The zero-order valence-corrected chi connectivity index (χ0v) is 16.2. The van der Waals surface area contributed by atoms with Gasteiger partial charge in [-0.05, 0) is 18.2 Å². The Morgan fingerprint density at radius 3 is 2.77 bits per heavy atom. The first kappa shape index (κ1) is 19.4. The molecule has 2 aliphatic rings. The molecule has 0 bridgehead atoms. The van der Waals surface area contributed by atoms with E-state index in [1.165, 1.54) is 18.2 Å². The van der Waals surface area contributed by atoms with Crippen LogP contribution >= 0.6 is 11.6 Å². The third-order valence-electron chi connectivity index (χ3n) is 5.14. The fourth-order valence-corrected chi connectivity index (χ4v) is 3.86. The second kappa shape index (κ2) is 7.62. The van der Waals surface area contributed by atoms with E-state index >= 15 is 0 Å². The molecule has 2 fully saturated rings. The summed E-state index contributed by atoms with van der Waals surface area (Å²) in [5.74, 6) is -1.09. The number of rotatable bonds is 5. The smallest absolute Gasteiger partial charge is 0.296 e. The third kappa shape index (κ3) is 3.45. The van der Waals surface area contributed by atoms with Crippen molar-refractivity contribution in [2.24, 2.45) is 0 Å². The number of H-pyrrole nitrogens is 1. The van der Waals surface area contributed by atoms with Gasteiger partial charge in [0.25, 0.3) is 6.01 Å². The molecule has 4 heterocycles. The Morgan fingerprint density at radius 1 is 1.20 bits per heavy atom. The summed E-state index contributed by atoms with van der Waals surface area (Å²) in [6.07, 6.45) is -1.89. The van der Waals surface area contributed by atoms with Crippen LogP contribution in [0.5, 0.6) is 6.01 Å². The van der Waals surface area contributed by atoms with Gasteiger partial charge in [0.1, 0.15) is 35.8 Å². The molecular weight excluding hydrogens is 422 g/mol. The minimum absolute atomic E-state index is 0.115. The number of pyridine rings is 1. The van der Waals surface area contributed by atoms with Gasteiger partial charge in [0, 0.05) is 12.1 Å². The zero-order chi connectivity index (χ0) is 20.8. The second-order valence-corrected chi connectivity index (χ2v) is 7.51. The quantitative estimate of drug-likeness (QED) is 0.562. The van der Waals surface area contributed by atoms with E-state index in [9.17, 15) is 13.9 Å². The monoisotopic (exact) mass is 438 g/mol. The number of aromatic amines is 1. The number of aliphatic hydroxyl groups excluding tert-OH is 1. The Bertz CT molecular complexity index is 1080. The van der Waals surface area contributed by atoms with E-state index in [0.717, 1.165) is 0 Å². The molecule has 0 unspecified atom stereocenters. The number of nitrogens with one attached hydrogen (secondary N) is 2. The molecule has 0 radical (unpaired) electrons. The van der Waals surface area contributed by atoms with Crippen molar-refractivity contribution in [3.8, 4) is 6.01 Å². The van der Waals surface area contributed by atoms with Crippen molar-refractivity contribution in [1.82, 2.24) is 15.0 Å². The van der Waals surface area contributed by atoms with Crippen LogP contribution in [0.25, 0.3) is 11.2 Å². The lowest BCUT2D eigenvalue weighted by atomic mass is 10.1. The minimum atomic E-state index is -0.673. The molecule has 0 saturated carbocycles. The maximum absolute atomic E-state index is 13.8. The molecule has 4 atom stereocenters. The Morgan fingerprint density at radius 2 is 1.97 bits per heavy atom. The Hall–Kier alpha value is -2.53. The first-order valence-electron chi connectivity index (χ1n) is 9.30. The van der Waals surface area contributed by atoms with Crippen molar-refractivity contribution in [2.45, 2.75) is 31.0 Å². The van der Waals surface area contributed by atoms with Crippen LogP contribution in [0.15, 0.2) is 24.3 Å². The van der Waals surface area contributed by atoms with Gasteiger partial charge in [0.2, 0.25) is 0 Å². The van der Waals surface area contributed by atoms with Crippen molar-refractivity contribution in [3.05, 3.63) is 46.5 Å². The number of hydrogen-bond donors (Lipinski definition) is 3. The lowest BCUT2D eigenvalue weighted by molar-refractivity contribution is 0.00706. The largest absolute Gasteiger partial charge is 0.456 e. The Kier molecular flexibility index (Phi) is 4.94. The fourth-order valence-electron chi connectivity index (χ4n) is 3.64. The summed E-state index contributed by atoms with van der Waals surface area (Å²) < 4.78 is 44.5. The van der Waals surface area contributed by atoms with E-state index in [-0.39, 0.29) is 48.3 Å². The normalized spacial score (nSPS) is 25.6. The molecule has 8 nitrogen and oxygen atoms in total. The number of halogens is 3. The topological polar surface area (TPSA) is 102 Å². The van der Waals surface area contributed by atoms with Crippen LogP contribution in [-0.2, 0) is 16.0 Å². The Balaban J connectivity index is 1.33. The summed E-state index contributed by atoms with van der Waals surface area (Å²) in [6.45, 7) is 0.329. The molecule has 0 spiro atoms. The van der Waals surface area contributed by atoms with Crippen LogP contribution < -0.4 is 10.1 Å². The number of imidazole rings is 1. The molecular formula is C19H17ClF2N4O4. The van der Waals surface area contributed by atoms with Crippen LogP contribution in [0.2, 0.25) is 5.02 Å². The van der Waals surface area contributed by atoms with E-state index in [1.807, 2.05) is 0 Å². The highest BCUT2D eigenvalue weighted by Gasteiger charge is 2.48. The number of ether oxygens (including phenoxy) is 3. The molecule has 0 aliphatic carbocycles. The number of hydrogen-bond acceptors (Lipinski definition) is 7. The van der Waals surface area contributed by atoms with E-state index in [0.29, 0.717) is 11.2 Å². The highest BCUT2D eigenvalue weighted by atomic mass is 35.5. The number of fused-ring (bicyclic) bond motifs is 2. The van der Waals surface area contributed by atoms with E-state index in [4.69, 9.17) is 25.8 Å². The zero-order valence-electron chi connectivity index (χ0n) is 15.4. The van der Waals surface area contributed by atoms with Crippen LogP contribution in [0.4, 0.5) is 14.6 Å². The molecule has 3 aromatic rings. The lowest BCUT2D eigenvalue weighted by Gasteiger charge is -2.15. The summed E-state index contributed by atoms with van der Waals surface area (Å²) in [4.78, 5) is 11.6. The molecule has 2 aliphatic heterocycles. The van der Waals surface area contributed by atoms with Crippen molar-refractivity contribution < 1.29 is 28.1 Å². The van der Waals surface area contributed by atoms with Gasteiger partial charge < -0.3 is 29.6 Å². The summed E-state index contributed by atoms with van der Waals surface area (Å²) >= 11 is 6.25. The summed E-state index contributed by atoms with van der Waals surface area (Å²) in [7, 11) is 0. The summed E-state index contributed by atoms with van der Waals surface area (Å²) in [5.41, 5.74) is 0.727. The van der Waals surface area contributed by atoms with Crippen LogP contribution in [0.1, 0.15) is 5.56 Å². The van der Waals surface area contributed by atoms with E-state index in [1.54, 1.807) is 6.07 Å². The van der Waals surface area contributed by atoms with E-state index in [2.05, 4.69) is 20.3 Å². The van der Waals surface area contributed by atoms with Crippen LogP contribution in [0, 0.1) is 11.6 Å². The molecule has 30 heavy (non-hydrogen) atoms. The summed E-state index contributed by atoms with van der Waals surface area (Å²) in [6, 6.07) is 5.45. The number of anilines is 1. The maximum atomic E-state index is 13.8. The highest BCUT2D eigenvalue weighted by molar-refractivity contribution is 6.33. The first-order chi connectivity index (χ1) is 14.5. The fraction of sp³-hybridized carbons (Fsp3) is 0.368. The standard InChI is InChI=1S/C19H17ClF2N4O4/c20-9-4-12-18(25-17(9)23-5-8-10(21)2-1-3-11(8)22)26-19(24-12)30-14-7-29-15-13(27)6-28-16(14)15/h1-4,13-16,27H,5-7H2,(H2,23,24,25,26)/t13-,14+,15-,16-/m1/s1. The van der Waals surface area contributed by atoms with Gasteiger partial charge in [0.15, 0.2) is 11.8 Å². The molecule has 11 heteroatoms. The molecule has 0 amide bonds. The van der Waals surface area contributed by atoms with Crippen molar-refractivity contribution in [1.29, 1.82) is 0 Å². The highest BCUT2D eigenvalue weighted by Crippen LogP contribution is 2.31. The first-order valence-corrected chi connectivity index (χ1v) is 9.68. The second-order valence-electron chi connectivity index (χ2n) is 7.11. The predicted molar refractivity (Wildman–Crippen MR) is 102 cm³/mol. The molecule has 2 aromatic heterocycles. The maximum Gasteiger partial charge on any atom is 0.296 e. The number of aromatic nitrogens is 3. The van der Waals surface area contributed by atoms with Gasteiger partial charge in [-0.1, -0.05) is 17.7 Å². The average Bonchev–Trinajstić information content (AvgIpc) is 3.39. The number of aliphatic hydroxyl groups is 1. The lowest BCUT2D eigenvalue weighted by Crippen LogP contribution is -2.34. The molecule has 5 rings (SSSR count).